The maximum absolute atomic E-state index is 13.9. The highest BCUT2D eigenvalue weighted by molar-refractivity contribution is 7.07. The van der Waals surface area contributed by atoms with E-state index >= 15 is 0 Å². The third-order valence-corrected chi connectivity index (χ3v) is 7.35. The molecular weight excluding hydrogens is 496 g/mol. The predicted molar refractivity (Wildman–Crippen MR) is 142 cm³/mol. The number of aromatic nitrogens is 1. The molecule has 3 aromatic carbocycles. The van der Waals surface area contributed by atoms with Crippen LogP contribution in [0.3, 0.4) is 0 Å². The molecule has 0 bridgehead atoms. The Labute approximate surface area is 216 Å². The van der Waals surface area contributed by atoms with E-state index in [1.54, 1.807) is 23.6 Å². The molecule has 0 amide bonds. The van der Waals surface area contributed by atoms with Crippen LogP contribution in [0.5, 0.6) is 5.75 Å². The molecule has 0 unspecified atom stereocenters. The van der Waals surface area contributed by atoms with Crippen molar-refractivity contribution < 1.29 is 14.3 Å². The number of hydrogen-bond donors (Lipinski definition) is 0. The first kappa shape index (κ1) is 24.0. The van der Waals surface area contributed by atoms with Crippen LogP contribution in [-0.2, 0) is 9.53 Å². The summed E-state index contributed by atoms with van der Waals surface area (Å²) in [5, 5.41) is 2.59. The van der Waals surface area contributed by atoms with E-state index in [2.05, 4.69) is 4.99 Å². The minimum atomic E-state index is -0.688. The first-order valence-electron chi connectivity index (χ1n) is 11.4. The summed E-state index contributed by atoms with van der Waals surface area (Å²) in [7, 11) is 1.32. The van der Waals surface area contributed by atoms with Gasteiger partial charge in [0.25, 0.3) is 5.56 Å². The lowest BCUT2D eigenvalue weighted by Gasteiger charge is -2.24. The van der Waals surface area contributed by atoms with Gasteiger partial charge in [-0.15, -0.1) is 0 Å². The fraction of sp³-hybridized carbons (Fsp3) is 0.179. The Morgan fingerprint density at radius 2 is 1.89 bits per heavy atom. The van der Waals surface area contributed by atoms with E-state index in [4.69, 9.17) is 21.1 Å². The summed E-state index contributed by atoms with van der Waals surface area (Å²) in [4.78, 5) is 31.8. The highest BCUT2D eigenvalue weighted by Gasteiger charge is 2.33. The molecule has 1 atom stereocenters. The number of esters is 1. The van der Waals surface area contributed by atoms with E-state index in [1.807, 2.05) is 61.5 Å². The van der Waals surface area contributed by atoms with Crippen molar-refractivity contribution in [1.29, 1.82) is 0 Å². The molecule has 8 heteroatoms. The molecule has 0 saturated heterocycles. The first-order chi connectivity index (χ1) is 17.4. The third kappa shape index (κ3) is 4.14. The Bertz CT molecular complexity index is 1700. The molecule has 36 heavy (non-hydrogen) atoms. The van der Waals surface area contributed by atoms with Crippen LogP contribution < -0.4 is 19.6 Å². The van der Waals surface area contributed by atoms with E-state index in [0.29, 0.717) is 38.0 Å². The van der Waals surface area contributed by atoms with Crippen molar-refractivity contribution in [2.45, 2.75) is 19.9 Å². The summed E-state index contributed by atoms with van der Waals surface area (Å²) in [6.07, 6.45) is 1.85. The molecule has 0 aliphatic carbocycles. The van der Waals surface area contributed by atoms with Gasteiger partial charge in [-0.1, -0.05) is 65.4 Å². The third-order valence-electron chi connectivity index (χ3n) is 6.12. The number of carbonyl (C=O) groups excluding carboxylic acids is 1. The van der Waals surface area contributed by atoms with E-state index < -0.39 is 12.0 Å². The van der Waals surface area contributed by atoms with Crippen LogP contribution in [0.25, 0.3) is 16.8 Å². The van der Waals surface area contributed by atoms with E-state index in [-0.39, 0.29) is 5.56 Å². The molecule has 2 heterocycles. The van der Waals surface area contributed by atoms with Crippen molar-refractivity contribution in [3.05, 3.63) is 108 Å². The summed E-state index contributed by atoms with van der Waals surface area (Å²) in [5.74, 6) is 0.167. The van der Waals surface area contributed by atoms with Gasteiger partial charge in [0.15, 0.2) is 4.80 Å². The SMILES string of the molecule is CCOc1ccc2ccccc2c1/C=c1\sc2n(c1=O)[C@H](c1ccc(Cl)cc1)C(C(=O)OC)=C(C)N=2. The fourth-order valence-corrected chi connectivity index (χ4v) is 5.64. The molecule has 0 spiro atoms. The van der Waals surface area contributed by atoms with Crippen LogP contribution in [-0.4, -0.2) is 24.3 Å². The van der Waals surface area contributed by atoms with Gasteiger partial charge in [-0.25, -0.2) is 9.79 Å². The summed E-state index contributed by atoms with van der Waals surface area (Å²) in [6, 6.07) is 18.3. The maximum Gasteiger partial charge on any atom is 0.338 e. The summed E-state index contributed by atoms with van der Waals surface area (Å²) in [5.41, 5.74) is 2.14. The summed E-state index contributed by atoms with van der Waals surface area (Å²) in [6.45, 7) is 4.18. The van der Waals surface area contributed by atoms with Crippen LogP contribution in [0.4, 0.5) is 0 Å². The monoisotopic (exact) mass is 518 g/mol. The number of nitrogens with zero attached hydrogens (tertiary/aromatic N) is 2. The van der Waals surface area contributed by atoms with E-state index in [1.165, 1.54) is 18.4 Å². The Hall–Kier alpha value is -3.68. The van der Waals surface area contributed by atoms with Gasteiger partial charge >= 0.3 is 5.97 Å². The van der Waals surface area contributed by atoms with Crippen molar-refractivity contribution >= 4 is 45.8 Å². The molecule has 1 aliphatic heterocycles. The number of benzene rings is 3. The Morgan fingerprint density at radius 3 is 2.61 bits per heavy atom. The van der Waals surface area contributed by atoms with Crippen molar-refractivity contribution in [3.8, 4) is 5.75 Å². The zero-order valence-corrected chi connectivity index (χ0v) is 21.5. The van der Waals surface area contributed by atoms with Crippen molar-refractivity contribution in [2.24, 2.45) is 4.99 Å². The number of ether oxygens (including phenoxy) is 2. The fourth-order valence-electron chi connectivity index (χ4n) is 4.49. The molecule has 0 saturated carbocycles. The number of methoxy groups -OCH3 is 1. The van der Waals surface area contributed by atoms with Gasteiger partial charge in [0.1, 0.15) is 5.75 Å². The molecule has 1 aromatic heterocycles. The molecule has 4 aromatic rings. The van der Waals surface area contributed by atoms with Gasteiger partial charge in [-0.05, 0) is 54.5 Å². The van der Waals surface area contributed by atoms with Crippen molar-refractivity contribution in [1.82, 2.24) is 4.57 Å². The molecule has 5 rings (SSSR count). The Balaban J connectivity index is 1.79. The largest absolute Gasteiger partial charge is 0.493 e. The Kier molecular flexibility index (Phi) is 6.51. The number of halogens is 1. The molecule has 0 fully saturated rings. The lowest BCUT2D eigenvalue weighted by atomic mass is 9.96. The molecule has 6 nitrogen and oxygen atoms in total. The number of fused-ring (bicyclic) bond motifs is 2. The number of allylic oxidation sites excluding steroid dienone is 1. The number of carbonyl (C=O) groups is 1. The number of hydrogen-bond acceptors (Lipinski definition) is 6. The molecule has 182 valence electrons. The van der Waals surface area contributed by atoms with Crippen LogP contribution in [0.2, 0.25) is 5.02 Å². The molecule has 1 aliphatic rings. The average Bonchev–Trinajstić information content (AvgIpc) is 3.19. The Morgan fingerprint density at radius 1 is 1.14 bits per heavy atom. The predicted octanol–water partition coefficient (Wildman–Crippen LogP) is 4.61. The lowest BCUT2D eigenvalue weighted by molar-refractivity contribution is -0.136. The highest BCUT2D eigenvalue weighted by Crippen LogP contribution is 2.32. The van der Waals surface area contributed by atoms with Gasteiger partial charge in [-0.3, -0.25) is 9.36 Å². The minimum absolute atomic E-state index is 0.247. The standard InChI is InChI=1S/C28H23ClN2O4S/c1-4-35-22-14-11-17-7-5-6-8-20(17)21(22)15-23-26(32)31-25(18-9-12-19(29)13-10-18)24(27(33)34-3)16(2)30-28(31)36-23/h5-15,25H,4H2,1-3H3/b23-15-/t25-/m1/s1. The van der Waals surface area contributed by atoms with Crippen LogP contribution in [0.1, 0.15) is 31.0 Å². The smallest absolute Gasteiger partial charge is 0.338 e. The van der Waals surface area contributed by atoms with Gasteiger partial charge in [-0.2, -0.15) is 0 Å². The lowest BCUT2D eigenvalue weighted by Crippen LogP contribution is -2.39. The number of thiazole rings is 1. The summed E-state index contributed by atoms with van der Waals surface area (Å²) < 4.78 is 13.0. The zero-order chi connectivity index (χ0) is 25.4. The quantitative estimate of drug-likeness (QED) is 0.362. The van der Waals surface area contributed by atoms with E-state index in [9.17, 15) is 9.59 Å². The first-order valence-corrected chi connectivity index (χ1v) is 12.6. The van der Waals surface area contributed by atoms with Gasteiger partial charge in [0.05, 0.1) is 35.6 Å². The second-order valence-corrected chi connectivity index (χ2v) is 9.70. The topological polar surface area (TPSA) is 69.9 Å². The second-order valence-electron chi connectivity index (χ2n) is 8.26. The van der Waals surface area contributed by atoms with Crippen molar-refractivity contribution in [3.63, 3.8) is 0 Å². The highest BCUT2D eigenvalue weighted by atomic mass is 35.5. The summed E-state index contributed by atoms with van der Waals surface area (Å²) >= 11 is 7.39. The van der Waals surface area contributed by atoms with Crippen LogP contribution in [0, 0.1) is 0 Å². The van der Waals surface area contributed by atoms with Crippen molar-refractivity contribution in [2.75, 3.05) is 13.7 Å². The van der Waals surface area contributed by atoms with Gasteiger partial charge in [0, 0.05) is 10.6 Å². The zero-order valence-electron chi connectivity index (χ0n) is 19.9. The molecule has 0 N–H and O–H groups in total. The average molecular weight is 519 g/mol. The van der Waals surface area contributed by atoms with Crippen LogP contribution in [0.15, 0.2) is 81.7 Å². The minimum Gasteiger partial charge on any atom is -0.493 e. The van der Waals surface area contributed by atoms with Crippen LogP contribution >= 0.6 is 22.9 Å². The van der Waals surface area contributed by atoms with Gasteiger partial charge < -0.3 is 9.47 Å². The molecule has 0 radical (unpaired) electrons. The van der Waals surface area contributed by atoms with Gasteiger partial charge in [0.2, 0.25) is 0 Å². The normalized spacial score (nSPS) is 15.6. The number of rotatable bonds is 5. The molecular formula is C28H23ClN2O4S. The van der Waals surface area contributed by atoms with E-state index in [0.717, 1.165) is 21.9 Å². The maximum atomic E-state index is 13.9. The second kappa shape index (κ2) is 9.76.